The summed E-state index contributed by atoms with van der Waals surface area (Å²) in [5.74, 6) is 0.892. The Morgan fingerprint density at radius 1 is 1.14 bits per heavy atom. The second-order valence-corrected chi connectivity index (χ2v) is 5.76. The standard InChI is InChI=1S/C17H25N3O/c1-12(2)18-10-15-6-8-16(9-7-15)11-21-17-13(3)19-20(5)14(17)4/h6-9,12,18H,10-11H2,1-5H3. The van der Waals surface area contributed by atoms with Crippen LogP contribution in [0.2, 0.25) is 0 Å². The Labute approximate surface area is 127 Å². The summed E-state index contributed by atoms with van der Waals surface area (Å²) < 4.78 is 7.77. The van der Waals surface area contributed by atoms with Gasteiger partial charge in [-0.05, 0) is 25.0 Å². The molecule has 0 atom stereocenters. The van der Waals surface area contributed by atoms with E-state index in [9.17, 15) is 0 Å². The van der Waals surface area contributed by atoms with Crippen LogP contribution >= 0.6 is 0 Å². The average molecular weight is 287 g/mol. The summed E-state index contributed by atoms with van der Waals surface area (Å²) in [5.41, 5.74) is 4.46. The average Bonchev–Trinajstić information content (AvgIpc) is 2.69. The van der Waals surface area contributed by atoms with Gasteiger partial charge in [-0.25, -0.2) is 0 Å². The van der Waals surface area contributed by atoms with Crippen LogP contribution in [0.15, 0.2) is 24.3 Å². The summed E-state index contributed by atoms with van der Waals surface area (Å²) >= 11 is 0. The van der Waals surface area contributed by atoms with Crippen LogP contribution in [0.3, 0.4) is 0 Å². The fraction of sp³-hybridized carbons (Fsp3) is 0.471. The van der Waals surface area contributed by atoms with Crippen molar-refractivity contribution in [3.05, 3.63) is 46.8 Å². The highest BCUT2D eigenvalue weighted by Gasteiger charge is 2.10. The lowest BCUT2D eigenvalue weighted by atomic mass is 10.1. The third-order valence-electron chi connectivity index (χ3n) is 3.56. The first-order chi connectivity index (χ1) is 9.97. The van der Waals surface area contributed by atoms with Gasteiger partial charge in [-0.1, -0.05) is 38.1 Å². The van der Waals surface area contributed by atoms with E-state index in [1.807, 2.05) is 25.6 Å². The van der Waals surface area contributed by atoms with Crippen LogP contribution in [0.5, 0.6) is 5.75 Å². The van der Waals surface area contributed by atoms with Crippen molar-refractivity contribution in [1.82, 2.24) is 15.1 Å². The lowest BCUT2D eigenvalue weighted by molar-refractivity contribution is 0.301. The summed E-state index contributed by atoms with van der Waals surface area (Å²) in [5, 5.41) is 7.78. The Balaban J connectivity index is 1.94. The van der Waals surface area contributed by atoms with E-state index in [1.165, 1.54) is 11.1 Å². The summed E-state index contributed by atoms with van der Waals surface area (Å²) in [6.45, 7) is 9.78. The monoisotopic (exact) mass is 287 g/mol. The molecular weight excluding hydrogens is 262 g/mol. The van der Waals surface area contributed by atoms with Crippen molar-refractivity contribution in [2.75, 3.05) is 0 Å². The fourth-order valence-electron chi connectivity index (χ4n) is 2.19. The number of ether oxygens (including phenoxy) is 1. The maximum absolute atomic E-state index is 5.91. The minimum absolute atomic E-state index is 0.504. The molecule has 2 aromatic rings. The van der Waals surface area contributed by atoms with Gasteiger partial charge in [0.25, 0.3) is 0 Å². The number of aryl methyl sites for hydroxylation is 2. The number of hydrogen-bond acceptors (Lipinski definition) is 3. The van der Waals surface area contributed by atoms with Crippen molar-refractivity contribution in [2.24, 2.45) is 7.05 Å². The number of rotatable bonds is 6. The molecule has 114 valence electrons. The molecule has 1 aromatic carbocycles. The largest absolute Gasteiger partial charge is 0.485 e. The minimum Gasteiger partial charge on any atom is -0.485 e. The van der Waals surface area contributed by atoms with Crippen LogP contribution in [-0.2, 0) is 20.2 Å². The Bertz CT molecular complexity index is 585. The molecule has 1 heterocycles. The van der Waals surface area contributed by atoms with Gasteiger partial charge >= 0.3 is 0 Å². The third kappa shape index (κ3) is 4.08. The van der Waals surface area contributed by atoms with E-state index in [-0.39, 0.29) is 0 Å². The first kappa shape index (κ1) is 15.6. The molecule has 1 aromatic heterocycles. The van der Waals surface area contributed by atoms with Crippen LogP contribution in [0.4, 0.5) is 0 Å². The van der Waals surface area contributed by atoms with Crippen molar-refractivity contribution in [3.8, 4) is 5.75 Å². The number of aromatic nitrogens is 2. The van der Waals surface area contributed by atoms with Crippen LogP contribution in [0.1, 0.15) is 36.4 Å². The van der Waals surface area contributed by atoms with Gasteiger partial charge in [-0.15, -0.1) is 0 Å². The number of benzene rings is 1. The minimum atomic E-state index is 0.504. The molecule has 0 saturated carbocycles. The predicted molar refractivity (Wildman–Crippen MR) is 85.4 cm³/mol. The molecule has 21 heavy (non-hydrogen) atoms. The topological polar surface area (TPSA) is 39.1 Å². The smallest absolute Gasteiger partial charge is 0.163 e. The number of hydrogen-bond donors (Lipinski definition) is 1. The molecule has 0 aliphatic heterocycles. The first-order valence-corrected chi connectivity index (χ1v) is 7.41. The molecule has 4 heteroatoms. The van der Waals surface area contributed by atoms with Crippen LogP contribution in [0.25, 0.3) is 0 Å². The highest BCUT2D eigenvalue weighted by Crippen LogP contribution is 2.22. The van der Waals surface area contributed by atoms with Gasteiger partial charge in [-0.2, -0.15) is 5.10 Å². The molecule has 0 aliphatic rings. The van der Waals surface area contributed by atoms with E-state index in [0.717, 1.165) is 23.7 Å². The zero-order valence-electron chi connectivity index (χ0n) is 13.6. The van der Waals surface area contributed by atoms with Gasteiger partial charge in [0.15, 0.2) is 5.75 Å². The van der Waals surface area contributed by atoms with Crippen molar-refractivity contribution >= 4 is 0 Å². The molecule has 0 fully saturated rings. The van der Waals surface area contributed by atoms with Gasteiger partial charge in [0.05, 0.1) is 5.69 Å². The fourth-order valence-corrected chi connectivity index (χ4v) is 2.19. The van der Waals surface area contributed by atoms with E-state index < -0.39 is 0 Å². The normalized spacial score (nSPS) is 11.1. The van der Waals surface area contributed by atoms with Crippen LogP contribution < -0.4 is 10.1 Å². The molecule has 0 aliphatic carbocycles. The van der Waals surface area contributed by atoms with E-state index in [1.54, 1.807) is 0 Å². The predicted octanol–water partition coefficient (Wildman–Crippen LogP) is 3.11. The molecule has 0 saturated heterocycles. The Hall–Kier alpha value is -1.81. The Morgan fingerprint density at radius 2 is 1.76 bits per heavy atom. The molecule has 1 N–H and O–H groups in total. The van der Waals surface area contributed by atoms with E-state index in [0.29, 0.717) is 12.6 Å². The second kappa shape index (κ2) is 6.76. The third-order valence-corrected chi connectivity index (χ3v) is 3.56. The maximum Gasteiger partial charge on any atom is 0.163 e. The summed E-state index contributed by atoms with van der Waals surface area (Å²) in [4.78, 5) is 0. The van der Waals surface area contributed by atoms with Crippen molar-refractivity contribution in [1.29, 1.82) is 0 Å². The van der Waals surface area contributed by atoms with E-state index in [4.69, 9.17) is 4.74 Å². The van der Waals surface area contributed by atoms with Crippen molar-refractivity contribution < 1.29 is 4.74 Å². The Morgan fingerprint density at radius 3 is 2.29 bits per heavy atom. The van der Waals surface area contributed by atoms with Crippen LogP contribution in [0, 0.1) is 13.8 Å². The molecule has 2 rings (SSSR count). The molecule has 0 bridgehead atoms. The van der Waals surface area contributed by atoms with Crippen molar-refractivity contribution in [3.63, 3.8) is 0 Å². The lowest BCUT2D eigenvalue weighted by Gasteiger charge is -2.10. The highest BCUT2D eigenvalue weighted by atomic mass is 16.5. The second-order valence-electron chi connectivity index (χ2n) is 5.76. The molecular formula is C17H25N3O. The van der Waals surface area contributed by atoms with Crippen molar-refractivity contribution in [2.45, 2.75) is 46.9 Å². The van der Waals surface area contributed by atoms with Gasteiger partial charge in [0.1, 0.15) is 12.3 Å². The van der Waals surface area contributed by atoms with Crippen LogP contribution in [-0.4, -0.2) is 15.8 Å². The summed E-state index contributed by atoms with van der Waals surface area (Å²) in [7, 11) is 1.94. The molecule has 4 nitrogen and oxygen atoms in total. The molecule has 0 unspecified atom stereocenters. The lowest BCUT2D eigenvalue weighted by Crippen LogP contribution is -2.21. The molecule has 0 amide bonds. The number of nitrogens with zero attached hydrogens (tertiary/aromatic N) is 2. The molecule has 0 radical (unpaired) electrons. The Kier molecular flexibility index (Phi) is 5.02. The zero-order chi connectivity index (χ0) is 15.4. The van der Waals surface area contributed by atoms with E-state index >= 15 is 0 Å². The van der Waals surface area contributed by atoms with Gasteiger partial charge in [0.2, 0.25) is 0 Å². The van der Waals surface area contributed by atoms with Gasteiger partial charge in [-0.3, -0.25) is 4.68 Å². The quantitative estimate of drug-likeness (QED) is 0.887. The SMILES string of the molecule is Cc1nn(C)c(C)c1OCc1ccc(CNC(C)C)cc1. The molecule has 0 spiro atoms. The zero-order valence-corrected chi connectivity index (χ0v) is 13.6. The first-order valence-electron chi connectivity index (χ1n) is 7.41. The van der Waals surface area contributed by atoms with Gasteiger partial charge < -0.3 is 10.1 Å². The highest BCUT2D eigenvalue weighted by molar-refractivity contribution is 5.32. The maximum atomic E-state index is 5.91. The number of nitrogens with one attached hydrogen (secondary N) is 1. The summed E-state index contributed by atoms with van der Waals surface area (Å²) in [6.07, 6.45) is 0. The summed E-state index contributed by atoms with van der Waals surface area (Å²) in [6, 6.07) is 9.05. The van der Waals surface area contributed by atoms with E-state index in [2.05, 4.69) is 48.5 Å². The van der Waals surface area contributed by atoms with Gasteiger partial charge in [0, 0.05) is 19.6 Å².